The van der Waals surface area contributed by atoms with E-state index < -0.39 is 5.60 Å². The number of rotatable bonds is 7. The third kappa shape index (κ3) is 5.47. The van der Waals surface area contributed by atoms with Crippen LogP contribution in [0.3, 0.4) is 0 Å². The van der Waals surface area contributed by atoms with E-state index in [0.717, 1.165) is 18.7 Å². The number of nitrogens with two attached hydrogens (primary N) is 1. The average molecular weight is 254 g/mol. The van der Waals surface area contributed by atoms with E-state index in [4.69, 9.17) is 5.73 Å². The molecule has 0 spiro atoms. The van der Waals surface area contributed by atoms with Gasteiger partial charge in [-0.05, 0) is 51.4 Å². The molecule has 0 aliphatic carbocycles. The molecule has 0 unspecified atom stereocenters. The fraction of sp³-hybridized carbons (Fsp3) is 0.571. The molecule has 18 heavy (non-hydrogen) atoms. The Labute approximate surface area is 108 Å². The monoisotopic (exact) mass is 254 g/mol. The van der Waals surface area contributed by atoms with Crippen molar-refractivity contribution in [3.8, 4) is 0 Å². The van der Waals surface area contributed by atoms with Gasteiger partial charge in [-0.3, -0.25) is 0 Å². The van der Waals surface area contributed by atoms with Crippen LogP contribution in [0.1, 0.15) is 26.7 Å². The molecule has 0 radical (unpaired) electrons. The van der Waals surface area contributed by atoms with Crippen molar-refractivity contribution in [3.05, 3.63) is 30.1 Å². The predicted octanol–water partition coefficient (Wildman–Crippen LogP) is 2.14. The molecule has 3 N–H and O–H groups in total. The van der Waals surface area contributed by atoms with Gasteiger partial charge < -0.3 is 15.7 Å². The molecular formula is C14H23FN2O. The third-order valence-corrected chi connectivity index (χ3v) is 2.80. The normalized spacial score (nSPS) is 11.6. The molecule has 0 atom stereocenters. The summed E-state index contributed by atoms with van der Waals surface area (Å²) in [5, 5.41) is 9.77. The molecular weight excluding hydrogens is 231 g/mol. The molecule has 1 aromatic rings. The van der Waals surface area contributed by atoms with Crippen LogP contribution in [0.2, 0.25) is 0 Å². The highest BCUT2D eigenvalue weighted by Crippen LogP contribution is 2.18. The lowest BCUT2D eigenvalue weighted by Crippen LogP contribution is -2.32. The molecule has 0 amide bonds. The van der Waals surface area contributed by atoms with Crippen molar-refractivity contribution in [2.24, 2.45) is 5.73 Å². The SMILES string of the molecule is CC(C)(O)CCN(CCCN)c1cccc(F)c1. The van der Waals surface area contributed by atoms with E-state index in [0.29, 0.717) is 19.5 Å². The number of halogens is 1. The van der Waals surface area contributed by atoms with Gasteiger partial charge in [0.25, 0.3) is 0 Å². The first-order chi connectivity index (χ1) is 8.42. The fourth-order valence-corrected chi connectivity index (χ4v) is 1.73. The van der Waals surface area contributed by atoms with Gasteiger partial charge in [0.1, 0.15) is 5.82 Å². The minimum Gasteiger partial charge on any atom is -0.390 e. The van der Waals surface area contributed by atoms with Crippen LogP contribution in [0.5, 0.6) is 0 Å². The Morgan fingerprint density at radius 2 is 2.06 bits per heavy atom. The maximum atomic E-state index is 13.2. The third-order valence-electron chi connectivity index (χ3n) is 2.80. The van der Waals surface area contributed by atoms with Crippen LogP contribution in [0.15, 0.2) is 24.3 Å². The highest BCUT2D eigenvalue weighted by molar-refractivity contribution is 5.46. The van der Waals surface area contributed by atoms with Crippen LogP contribution in [-0.4, -0.2) is 30.3 Å². The molecule has 3 nitrogen and oxygen atoms in total. The van der Waals surface area contributed by atoms with E-state index in [2.05, 4.69) is 4.90 Å². The van der Waals surface area contributed by atoms with Crippen LogP contribution in [0, 0.1) is 5.82 Å². The summed E-state index contributed by atoms with van der Waals surface area (Å²) in [5.41, 5.74) is 5.64. The van der Waals surface area contributed by atoms with Gasteiger partial charge in [0.2, 0.25) is 0 Å². The molecule has 1 rings (SSSR count). The zero-order valence-electron chi connectivity index (χ0n) is 11.2. The lowest BCUT2D eigenvalue weighted by atomic mass is 10.1. The number of hydrogen-bond acceptors (Lipinski definition) is 3. The molecule has 4 heteroatoms. The van der Waals surface area contributed by atoms with Crippen molar-refractivity contribution >= 4 is 5.69 Å². The van der Waals surface area contributed by atoms with Gasteiger partial charge in [-0.1, -0.05) is 6.07 Å². The summed E-state index contributed by atoms with van der Waals surface area (Å²) in [6.07, 6.45) is 1.48. The van der Waals surface area contributed by atoms with Crippen LogP contribution in [0.4, 0.5) is 10.1 Å². The first-order valence-electron chi connectivity index (χ1n) is 6.35. The number of benzene rings is 1. The van der Waals surface area contributed by atoms with Crippen molar-refractivity contribution in [3.63, 3.8) is 0 Å². The summed E-state index contributed by atoms with van der Waals surface area (Å²) in [6.45, 7) is 5.62. The summed E-state index contributed by atoms with van der Waals surface area (Å²) in [5.74, 6) is -0.242. The van der Waals surface area contributed by atoms with E-state index in [1.807, 2.05) is 6.07 Å². The largest absolute Gasteiger partial charge is 0.390 e. The average Bonchev–Trinajstić information content (AvgIpc) is 2.28. The fourth-order valence-electron chi connectivity index (χ4n) is 1.73. The van der Waals surface area contributed by atoms with Crippen molar-refractivity contribution in [1.82, 2.24) is 0 Å². The van der Waals surface area contributed by atoms with Crippen molar-refractivity contribution in [2.75, 3.05) is 24.5 Å². The van der Waals surface area contributed by atoms with Gasteiger partial charge >= 0.3 is 0 Å². The topological polar surface area (TPSA) is 49.5 Å². The Kier molecular flexibility index (Phi) is 5.56. The molecule has 0 saturated heterocycles. The Balaban J connectivity index is 2.71. The zero-order chi connectivity index (χ0) is 13.6. The quantitative estimate of drug-likeness (QED) is 0.784. The molecule has 0 aliphatic heterocycles. The Hall–Kier alpha value is -1.13. The second kappa shape index (κ2) is 6.71. The second-order valence-electron chi connectivity index (χ2n) is 5.17. The van der Waals surface area contributed by atoms with E-state index >= 15 is 0 Å². The second-order valence-corrected chi connectivity index (χ2v) is 5.17. The Morgan fingerprint density at radius 3 is 2.61 bits per heavy atom. The van der Waals surface area contributed by atoms with Crippen LogP contribution in [0.25, 0.3) is 0 Å². The summed E-state index contributed by atoms with van der Waals surface area (Å²) in [4.78, 5) is 2.06. The smallest absolute Gasteiger partial charge is 0.125 e. The minimum absolute atomic E-state index is 0.242. The maximum absolute atomic E-state index is 13.2. The molecule has 1 aromatic carbocycles. The zero-order valence-corrected chi connectivity index (χ0v) is 11.2. The molecule has 0 aromatic heterocycles. The highest BCUT2D eigenvalue weighted by Gasteiger charge is 2.15. The van der Waals surface area contributed by atoms with Crippen molar-refractivity contribution in [2.45, 2.75) is 32.3 Å². The first kappa shape index (κ1) is 14.9. The highest BCUT2D eigenvalue weighted by atomic mass is 19.1. The van der Waals surface area contributed by atoms with Crippen LogP contribution >= 0.6 is 0 Å². The number of nitrogens with zero attached hydrogens (tertiary/aromatic N) is 1. The van der Waals surface area contributed by atoms with Gasteiger partial charge in [-0.15, -0.1) is 0 Å². The summed E-state index contributed by atoms with van der Waals surface area (Å²) in [6, 6.07) is 6.52. The van der Waals surface area contributed by atoms with Crippen molar-refractivity contribution in [1.29, 1.82) is 0 Å². The summed E-state index contributed by atoms with van der Waals surface area (Å²) < 4.78 is 13.2. The first-order valence-corrected chi connectivity index (χ1v) is 6.35. The van der Waals surface area contributed by atoms with Gasteiger partial charge in [0.15, 0.2) is 0 Å². The lowest BCUT2D eigenvalue weighted by molar-refractivity contribution is 0.0731. The Bertz CT molecular complexity index is 363. The number of hydrogen-bond donors (Lipinski definition) is 2. The summed E-state index contributed by atoms with van der Waals surface area (Å²) >= 11 is 0. The van der Waals surface area contributed by atoms with Crippen LogP contribution in [-0.2, 0) is 0 Å². The standard InChI is InChI=1S/C14H23FN2O/c1-14(2,18)7-10-17(9-4-8-16)13-6-3-5-12(15)11-13/h3,5-6,11,18H,4,7-10,16H2,1-2H3. The van der Waals surface area contributed by atoms with E-state index in [1.54, 1.807) is 19.9 Å². The van der Waals surface area contributed by atoms with E-state index in [-0.39, 0.29) is 5.82 Å². The molecule has 0 bridgehead atoms. The molecule has 0 heterocycles. The van der Waals surface area contributed by atoms with Gasteiger partial charge in [-0.25, -0.2) is 4.39 Å². The lowest BCUT2D eigenvalue weighted by Gasteiger charge is -2.28. The molecule has 102 valence electrons. The summed E-state index contributed by atoms with van der Waals surface area (Å²) in [7, 11) is 0. The number of aliphatic hydroxyl groups is 1. The van der Waals surface area contributed by atoms with Gasteiger partial charge in [0, 0.05) is 18.8 Å². The predicted molar refractivity (Wildman–Crippen MR) is 73.2 cm³/mol. The Morgan fingerprint density at radius 1 is 1.33 bits per heavy atom. The molecule has 0 aliphatic rings. The molecule has 0 saturated carbocycles. The van der Waals surface area contributed by atoms with Crippen LogP contribution < -0.4 is 10.6 Å². The van der Waals surface area contributed by atoms with Crippen molar-refractivity contribution < 1.29 is 9.50 Å². The molecule has 0 fully saturated rings. The van der Waals surface area contributed by atoms with Gasteiger partial charge in [-0.2, -0.15) is 0 Å². The van der Waals surface area contributed by atoms with Gasteiger partial charge in [0.05, 0.1) is 5.60 Å². The number of anilines is 1. The minimum atomic E-state index is -0.714. The van der Waals surface area contributed by atoms with E-state index in [9.17, 15) is 9.50 Å². The van der Waals surface area contributed by atoms with E-state index in [1.165, 1.54) is 12.1 Å². The maximum Gasteiger partial charge on any atom is 0.125 e.